The third-order valence-electron chi connectivity index (χ3n) is 3.48. The molecule has 2 aromatic carbocycles. The minimum atomic E-state index is 0.579. The van der Waals surface area contributed by atoms with Crippen LogP contribution in [0.1, 0.15) is 11.1 Å². The van der Waals surface area contributed by atoms with Gasteiger partial charge in [-0.1, -0.05) is 30.3 Å². The highest BCUT2D eigenvalue weighted by molar-refractivity contribution is 7.80. The highest BCUT2D eigenvalue weighted by Crippen LogP contribution is 2.15. The average molecular weight is 322 g/mol. The van der Waals surface area contributed by atoms with Crippen molar-refractivity contribution in [3.05, 3.63) is 78.1 Å². The lowest BCUT2D eigenvalue weighted by molar-refractivity contribution is 0.687. The van der Waals surface area contributed by atoms with Crippen molar-refractivity contribution in [3.8, 4) is 0 Å². The van der Waals surface area contributed by atoms with E-state index in [4.69, 9.17) is 12.2 Å². The van der Waals surface area contributed by atoms with Crippen LogP contribution in [0, 0.1) is 6.92 Å². The summed E-state index contributed by atoms with van der Waals surface area (Å²) in [5.74, 6) is 0. The molecule has 0 aliphatic carbocycles. The number of anilines is 2. The van der Waals surface area contributed by atoms with Crippen LogP contribution in [0.4, 0.5) is 11.4 Å². The van der Waals surface area contributed by atoms with Crippen molar-refractivity contribution in [1.29, 1.82) is 0 Å². The summed E-state index contributed by atoms with van der Waals surface area (Å²) in [5.41, 5.74) is 4.29. The van der Waals surface area contributed by atoms with E-state index in [9.17, 15) is 0 Å². The van der Waals surface area contributed by atoms with Gasteiger partial charge in [-0.05, 0) is 54.5 Å². The molecule has 0 bridgehead atoms. The fourth-order valence-electron chi connectivity index (χ4n) is 2.33. The Morgan fingerprint density at radius 1 is 1.09 bits per heavy atom. The molecule has 0 atom stereocenters. The van der Waals surface area contributed by atoms with Crippen LogP contribution < -0.4 is 10.6 Å². The van der Waals surface area contributed by atoms with Crippen molar-refractivity contribution in [3.63, 3.8) is 0 Å². The summed E-state index contributed by atoms with van der Waals surface area (Å²) in [6.45, 7) is 2.79. The predicted molar refractivity (Wildman–Crippen MR) is 98.8 cm³/mol. The third-order valence-corrected chi connectivity index (χ3v) is 3.69. The zero-order chi connectivity index (χ0) is 16.1. The van der Waals surface area contributed by atoms with Crippen LogP contribution in [0.15, 0.2) is 67.0 Å². The molecule has 4 nitrogen and oxygen atoms in total. The SMILES string of the molecule is Cc1ccccc1NC(=S)Nc1cccc(Cn2cccn2)c1. The van der Waals surface area contributed by atoms with Gasteiger partial charge in [0.1, 0.15) is 0 Å². The van der Waals surface area contributed by atoms with Crippen molar-refractivity contribution in [1.82, 2.24) is 9.78 Å². The molecule has 0 saturated carbocycles. The van der Waals surface area contributed by atoms with E-state index < -0.39 is 0 Å². The van der Waals surface area contributed by atoms with E-state index in [1.54, 1.807) is 6.20 Å². The molecule has 0 fully saturated rings. The smallest absolute Gasteiger partial charge is 0.175 e. The zero-order valence-electron chi connectivity index (χ0n) is 12.9. The second-order valence-electron chi connectivity index (χ2n) is 5.30. The maximum atomic E-state index is 5.40. The topological polar surface area (TPSA) is 41.9 Å². The van der Waals surface area contributed by atoms with E-state index in [0.717, 1.165) is 29.0 Å². The van der Waals surface area contributed by atoms with Crippen molar-refractivity contribution < 1.29 is 0 Å². The van der Waals surface area contributed by atoms with Gasteiger partial charge in [-0.25, -0.2) is 0 Å². The number of thiocarbonyl (C=S) groups is 1. The molecule has 0 unspecified atom stereocenters. The standard InChI is InChI=1S/C18H18N4S/c1-14-6-2-3-9-17(14)21-18(23)20-16-8-4-7-15(12-16)13-22-11-5-10-19-22/h2-12H,13H2,1H3,(H2,20,21,23). The summed E-state index contributed by atoms with van der Waals surface area (Å²) in [4.78, 5) is 0. The fourth-order valence-corrected chi connectivity index (χ4v) is 2.55. The van der Waals surface area contributed by atoms with Crippen LogP contribution in [-0.2, 0) is 6.54 Å². The first-order chi connectivity index (χ1) is 11.2. The van der Waals surface area contributed by atoms with Crippen LogP contribution in [0.3, 0.4) is 0 Å². The molecule has 116 valence electrons. The predicted octanol–water partition coefficient (Wildman–Crippen LogP) is 4.05. The molecule has 0 aliphatic heterocycles. The number of aromatic nitrogens is 2. The van der Waals surface area contributed by atoms with E-state index in [2.05, 4.69) is 40.9 Å². The summed E-state index contributed by atoms with van der Waals surface area (Å²) in [7, 11) is 0. The number of hydrogen-bond donors (Lipinski definition) is 2. The minimum absolute atomic E-state index is 0.579. The van der Waals surface area contributed by atoms with Crippen molar-refractivity contribution in [2.24, 2.45) is 0 Å². The molecule has 0 aliphatic rings. The van der Waals surface area contributed by atoms with Gasteiger partial charge in [0.05, 0.1) is 6.54 Å². The van der Waals surface area contributed by atoms with Crippen LogP contribution in [0.2, 0.25) is 0 Å². The van der Waals surface area contributed by atoms with E-state index in [-0.39, 0.29) is 0 Å². The number of hydrogen-bond acceptors (Lipinski definition) is 2. The minimum Gasteiger partial charge on any atom is -0.332 e. The first kappa shape index (κ1) is 15.2. The van der Waals surface area contributed by atoms with E-state index in [0.29, 0.717) is 5.11 Å². The van der Waals surface area contributed by atoms with Crippen LogP contribution >= 0.6 is 12.2 Å². The lowest BCUT2D eigenvalue weighted by Gasteiger charge is -2.13. The van der Waals surface area contributed by atoms with Crippen molar-refractivity contribution >= 4 is 28.7 Å². The summed E-state index contributed by atoms with van der Waals surface area (Å²) >= 11 is 5.40. The van der Waals surface area contributed by atoms with Gasteiger partial charge in [0.2, 0.25) is 0 Å². The third kappa shape index (κ3) is 4.17. The highest BCUT2D eigenvalue weighted by Gasteiger charge is 2.02. The van der Waals surface area contributed by atoms with E-state index in [1.165, 1.54) is 0 Å². The van der Waals surface area contributed by atoms with E-state index in [1.807, 2.05) is 47.3 Å². The Hall–Kier alpha value is -2.66. The second-order valence-corrected chi connectivity index (χ2v) is 5.71. The first-order valence-electron chi connectivity index (χ1n) is 7.41. The van der Waals surface area contributed by atoms with Crippen molar-refractivity contribution in [2.75, 3.05) is 10.6 Å². The normalized spacial score (nSPS) is 10.3. The molecule has 2 N–H and O–H groups in total. The largest absolute Gasteiger partial charge is 0.332 e. The molecule has 1 aromatic heterocycles. The Balaban J connectivity index is 1.65. The van der Waals surface area contributed by atoms with Gasteiger partial charge in [0, 0.05) is 23.8 Å². The van der Waals surface area contributed by atoms with E-state index >= 15 is 0 Å². The van der Waals surface area contributed by atoms with Gasteiger partial charge in [-0.15, -0.1) is 0 Å². The summed E-state index contributed by atoms with van der Waals surface area (Å²) in [5, 5.41) is 11.3. The zero-order valence-corrected chi connectivity index (χ0v) is 13.7. The number of aryl methyl sites for hydroxylation is 1. The Labute approximate surface area is 141 Å². The fraction of sp³-hybridized carbons (Fsp3) is 0.111. The molecule has 1 heterocycles. The molecule has 3 aromatic rings. The highest BCUT2D eigenvalue weighted by atomic mass is 32.1. The van der Waals surface area contributed by atoms with Crippen LogP contribution in [0.25, 0.3) is 0 Å². The number of rotatable bonds is 4. The van der Waals surface area contributed by atoms with Gasteiger partial charge in [-0.3, -0.25) is 4.68 Å². The Kier molecular flexibility index (Phi) is 4.68. The van der Waals surface area contributed by atoms with Crippen LogP contribution in [-0.4, -0.2) is 14.9 Å². The summed E-state index contributed by atoms with van der Waals surface area (Å²) in [6, 6.07) is 18.1. The molecule has 23 heavy (non-hydrogen) atoms. The number of nitrogens with zero attached hydrogens (tertiary/aromatic N) is 2. The maximum absolute atomic E-state index is 5.40. The maximum Gasteiger partial charge on any atom is 0.175 e. The molecular weight excluding hydrogens is 304 g/mol. The molecule has 0 amide bonds. The molecule has 5 heteroatoms. The molecule has 3 rings (SSSR count). The Morgan fingerprint density at radius 3 is 2.74 bits per heavy atom. The molecule has 0 spiro atoms. The second kappa shape index (κ2) is 7.07. The lowest BCUT2D eigenvalue weighted by atomic mass is 10.2. The quantitative estimate of drug-likeness (QED) is 0.711. The first-order valence-corrected chi connectivity index (χ1v) is 7.81. The van der Waals surface area contributed by atoms with Gasteiger partial charge in [0.25, 0.3) is 0 Å². The molecular formula is C18H18N4S. The Bertz CT molecular complexity index is 796. The number of para-hydroxylation sites is 1. The van der Waals surface area contributed by atoms with Gasteiger partial charge >= 0.3 is 0 Å². The summed E-state index contributed by atoms with van der Waals surface area (Å²) in [6.07, 6.45) is 3.73. The van der Waals surface area contributed by atoms with Gasteiger partial charge in [0.15, 0.2) is 5.11 Å². The average Bonchev–Trinajstić information content (AvgIpc) is 3.03. The molecule has 0 saturated heterocycles. The monoisotopic (exact) mass is 322 g/mol. The number of benzene rings is 2. The van der Waals surface area contributed by atoms with Gasteiger partial charge < -0.3 is 10.6 Å². The van der Waals surface area contributed by atoms with Gasteiger partial charge in [-0.2, -0.15) is 5.10 Å². The lowest BCUT2D eigenvalue weighted by Crippen LogP contribution is -2.19. The summed E-state index contributed by atoms with van der Waals surface area (Å²) < 4.78 is 1.89. The molecule has 0 radical (unpaired) electrons. The van der Waals surface area contributed by atoms with Crippen molar-refractivity contribution in [2.45, 2.75) is 13.5 Å². The van der Waals surface area contributed by atoms with Crippen LogP contribution in [0.5, 0.6) is 0 Å². The Morgan fingerprint density at radius 2 is 1.96 bits per heavy atom. The number of nitrogens with one attached hydrogen (secondary N) is 2.